The fraction of sp³-hybridized carbons (Fsp3) is 0.143. The summed E-state index contributed by atoms with van der Waals surface area (Å²) in [4.78, 5) is 21.9. The summed E-state index contributed by atoms with van der Waals surface area (Å²) in [7, 11) is 0. The van der Waals surface area contributed by atoms with E-state index in [9.17, 15) is 9.90 Å². The van der Waals surface area contributed by atoms with Crippen LogP contribution in [0.15, 0.2) is 70.8 Å². The number of hydrogen-bond acceptors (Lipinski definition) is 5. The minimum absolute atomic E-state index is 0.0984. The van der Waals surface area contributed by atoms with Crippen molar-refractivity contribution in [2.45, 2.75) is 13.0 Å². The number of aromatic hydroxyl groups is 1. The molecule has 0 saturated carbocycles. The Morgan fingerprint density at radius 1 is 1.04 bits per heavy atom. The lowest BCUT2D eigenvalue weighted by Gasteiger charge is -2.24. The van der Waals surface area contributed by atoms with Crippen molar-refractivity contribution in [2.24, 2.45) is 0 Å². The van der Waals surface area contributed by atoms with Crippen molar-refractivity contribution in [3.05, 3.63) is 87.8 Å². The molecule has 0 aliphatic rings. The lowest BCUT2D eigenvalue weighted by atomic mass is 10.1. The van der Waals surface area contributed by atoms with E-state index in [2.05, 4.69) is 27.0 Å². The Morgan fingerprint density at radius 2 is 1.81 bits per heavy atom. The number of thiophene rings is 1. The molecular weight excluding hydrogens is 358 g/mol. The van der Waals surface area contributed by atoms with Crippen LogP contribution >= 0.6 is 11.3 Å². The highest BCUT2D eigenvalue weighted by Gasteiger charge is 2.12. The monoisotopic (exact) mass is 377 g/mol. The van der Waals surface area contributed by atoms with E-state index >= 15 is 0 Å². The van der Waals surface area contributed by atoms with Gasteiger partial charge in [-0.15, -0.1) is 11.3 Å². The summed E-state index contributed by atoms with van der Waals surface area (Å²) in [5.74, 6) is 0.861. The normalized spacial score (nSPS) is 11.0. The second-order valence-electron chi connectivity index (χ2n) is 6.32. The van der Waals surface area contributed by atoms with Gasteiger partial charge in [0.25, 0.3) is 5.56 Å². The van der Waals surface area contributed by atoms with Crippen LogP contribution in [0.5, 0.6) is 5.75 Å². The number of nitrogens with zero attached hydrogens (tertiary/aromatic N) is 2. The maximum atomic E-state index is 12.3. The highest BCUT2D eigenvalue weighted by molar-refractivity contribution is 7.17. The van der Waals surface area contributed by atoms with Gasteiger partial charge >= 0.3 is 0 Å². The maximum Gasteiger partial charge on any atom is 0.268 e. The van der Waals surface area contributed by atoms with Gasteiger partial charge in [-0.3, -0.25) is 4.79 Å². The van der Waals surface area contributed by atoms with Crippen molar-refractivity contribution >= 4 is 27.2 Å². The molecule has 0 unspecified atom stereocenters. The van der Waals surface area contributed by atoms with Crippen LogP contribution in [0.1, 0.15) is 11.4 Å². The molecule has 0 aliphatic carbocycles. The SMILES string of the molecule is O=c1[nH]c(CN(CCc2ccccc2)c2ccc(O)cc2)nc2ccsc12. The molecule has 4 rings (SSSR count). The minimum Gasteiger partial charge on any atom is -0.508 e. The number of phenols is 1. The molecule has 0 bridgehead atoms. The number of aromatic amines is 1. The highest BCUT2D eigenvalue weighted by atomic mass is 32.1. The minimum atomic E-state index is -0.0984. The van der Waals surface area contributed by atoms with E-state index in [1.807, 2.05) is 41.8 Å². The summed E-state index contributed by atoms with van der Waals surface area (Å²) in [5, 5.41) is 11.5. The van der Waals surface area contributed by atoms with E-state index in [-0.39, 0.29) is 11.3 Å². The van der Waals surface area contributed by atoms with Crippen LogP contribution in [-0.2, 0) is 13.0 Å². The molecule has 2 N–H and O–H groups in total. The Bertz CT molecular complexity index is 1090. The smallest absolute Gasteiger partial charge is 0.268 e. The van der Waals surface area contributed by atoms with Gasteiger partial charge < -0.3 is 15.0 Å². The van der Waals surface area contributed by atoms with Gasteiger partial charge in [-0.25, -0.2) is 4.98 Å². The molecule has 0 atom stereocenters. The summed E-state index contributed by atoms with van der Waals surface area (Å²) in [6.45, 7) is 1.25. The topological polar surface area (TPSA) is 69.2 Å². The molecule has 2 aromatic heterocycles. The van der Waals surface area contributed by atoms with E-state index in [1.165, 1.54) is 16.9 Å². The van der Waals surface area contributed by atoms with E-state index in [0.717, 1.165) is 24.2 Å². The third kappa shape index (κ3) is 4.01. The van der Waals surface area contributed by atoms with Crippen LogP contribution in [-0.4, -0.2) is 21.6 Å². The van der Waals surface area contributed by atoms with Gasteiger partial charge in [-0.05, 0) is 47.7 Å². The molecule has 2 aromatic carbocycles. The Balaban J connectivity index is 1.61. The van der Waals surface area contributed by atoms with Crippen molar-refractivity contribution in [2.75, 3.05) is 11.4 Å². The number of aromatic nitrogens is 2. The number of rotatable bonds is 6. The molecule has 136 valence electrons. The Morgan fingerprint density at radius 3 is 2.59 bits per heavy atom. The first kappa shape index (κ1) is 17.3. The summed E-state index contributed by atoms with van der Waals surface area (Å²) >= 11 is 1.40. The van der Waals surface area contributed by atoms with Crippen molar-refractivity contribution in [1.29, 1.82) is 0 Å². The fourth-order valence-electron chi connectivity index (χ4n) is 3.05. The number of phenolic OH excluding ortho intramolecular Hbond substituents is 1. The Hall–Kier alpha value is -3.12. The van der Waals surface area contributed by atoms with Gasteiger partial charge in [0.15, 0.2) is 0 Å². The van der Waals surface area contributed by atoms with Crippen LogP contribution < -0.4 is 10.5 Å². The van der Waals surface area contributed by atoms with Gasteiger partial charge in [0, 0.05) is 12.2 Å². The van der Waals surface area contributed by atoms with Gasteiger partial charge in [0.1, 0.15) is 16.3 Å². The van der Waals surface area contributed by atoms with E-state index in [0.29, 0.717) is 17.1 Å². The van der Waals surface area contributed by atoms with Crippen molar-refractivity contribution in [3.8, 4) is 5.75 Å². The molecule has 4 aromatic rings. The quantitative estimate of drug-likeness (QED) is 0.534. The van der Waals surface area contributed by atoms with Crippen LogP contribution in [0, 0.1) is 0 Å². The number of hydrogen-bond donors (Lipinski definition) is 2. The molecule has 0 saturated heterocycles. The molecule has 6 heteroatoms. The summed E-state index contributed by atoms with van der Waals surface area (Å²) in [5.41, 5.74) is 2.85. The van der Waals surface area contributed by atoms with E-state index in [1.54, 1.807) is 12.1 Å². The second-order valence-corrected chi connectivity index (χ2v) is 7.24. The number of fused-ring (bicyclic) bond motifs is 1. The maximum absolute atomic E-state index is 12.3. The van der Waals surface area contributed by atoms with Gasteiger partial charge in [0.2, 0.25) is 0 Å². The zero-order chi connectivity index (χ0) is 18.6. The number of benzene rings is 2. The fourth-order valence-corrected chi connectivity index (χ4v) is 3.77. The van der Waals surface area contributed by atoms with Crippen LogP contribution in [0.25, 0.3) is 10.2 Å². The number of nitrogens with one attached hydrogen (secondary N) is 1. The van der Waals surface area contributed by atoms with E-state index < -0.39 is 0 Å². The summed E-state index contributed by atoms with van der Waals surface area (Å²) < 4.78 is 0.652. The first-order valence-corrected chi connectivity index (χ1v) is 9.61. The zero-order valence-electron chi connectivity index (χ0n) is 14.6. The highest BCUT2D eigenvalue weighted by Crippen LogP contribution is 2.21. The first-order valence-electron chi connectivity index (χ1n) is 8.73. The molecule has 2 heterocycles. The predicted molar refractivity (Wildman–Crippen MR) is 110 cm³/mol. The zero-order valence-corrected chi connectivity index (χ0v) is 15.4. The number of H-pyrrole nitrogens is 1. The predicted octanol–water partition coefficient (Wildman–Crippen LogP) is 3.94. The van der Waals surface area contributed by atoms with Crippen LogP contribution in [0.4, 0.5) is 5.69 Å². The number of anilines is 1. The third-order valence-corrected chi connectivity index (χ3v) is 5.34. The third-order valence-electron chi connectivity index (χ3n) is 4.43. The average molecular weight is 377 g/mol. The molecule has 27 heavy (non-hydrogen) atoms. The molecule has 0 radical (unpaired) electrons. The summed E-state index contributed by atoms with van der Waals surface area (Å²) in [6.07, 6.45) is 0.868. The largest absolute Gasteiger partial charge is 0.508 e. The van der Waals surface area contributed by atoms with Gasteiger partial charge in [-0.1, -0.05) is 30.3 Å². The van der Waals surface area contributed by atoms with Crippen molar-refractivity contribution in [1.82, 2.24) is 9.97 Å². The standard InChI is InChI=1S/C21H19N3O2S/c25-17-8-6-16(7-9-17)24(12-10-15-4-2-1-3-5-15)14-19-22-18-11-13-27-20(18)21(26)23-19/h1-9,11,13,25H,10,12,14H2,(H,22,23,26). The van der Waals surface area contributed by atoms with E-state index in [4.69, 9.17) is 0 Å². The second kappa shape index (κ2) is 7.63. The molecule has 0 spiro atoms. The van der Waals surface area contributed by atoms with Gasteiger partial charge in [0.05, 0.1) is 12.1 Å². The Kier molecular flexibility index (Phi) is 4.89. The van der Waals surface area contributed by atoms with Crippen molar-refractivity contribution in [3.63, 3.8) is 0 Å². The lowest BCUT2D eigenvalue weighted by Crippen LogP contribution is -2.27. The Labute approximate surface area is 160 Å². The molecule has 0 amide bonds. The molecule has 5 nitrogen and oxygen atoms in total. The molecular formula is C21H19N3O2S. The lowest BCUT2D eigenvalue weighted by molar-refractivity contribution is 0.475. The van der Waals surface area contributed by atoms with Crippen LogP contribution in [0.2, 0.25) is 0 Å². The first-order chi connectivity index (χ1) is 13.2. The molecule has 0 fully saturated rings. The van der Waals surface area contributed by atoms with Crippen LogP contribution in [0.3, 0.4) is 0 Å². The average Bonchev–Trinajstić information content (AvgIpc) is 3.16. The summed E-state index contributed by atoms with van der Waals surface area (Å²) in [6, 6.07) is 19.2. The molecule has 0 aliphatic heterocycles. The van der Waals surface area contributed by atoms with Gasteiger partial charge in [-0.2, -0.15) is 0 Å². The van der Waals surface area contributed by atoms with Crippen molar-refractivity contribution < 1.29 is 5.11 Å².